The van der Waals surface area contributed by atoms with E-state index >= 15 is 0 Å². The minimum atomic E-state index is 0.621. The maximum atomic E-state index is 6.08. The third kappa shape index (κ3) is 2.64. The molecule has 0 bridgehead atoms. The van der Waals surface area contributed by atoms with Crippen LogP contribution in [0.25, 0.3) is 5.65 Å². The molecule has 0 aliphatic rings. The first-order valence-electron chi connectivity index (χ1n) is 6.37. The number of aromatic nitrogens is 2. The molecule has 0 aliphatic heterocycles. The van der Waals surface area contributed by atoms with Crippen molar-refractivity contribution in [1.82, 2.24) is 9.38 Å². The van der Waals surface area contributed by atoms with Crippen molar-refractivity contribution in [3.05, 3.63) is 57.8 Å². The average Bonchev–Trinajstić information content (AvgIpc) is 2.76. The van der Waals surface area contributed by atoms with Crippen molar-refractivity contribution >= 4 is 40.4 Å². The van der Waals surface area contributed by atoms with Gasteiger partial charge in [-0.2, -0.15) is 0 Å². The van der Waals surface area contributed by atoms with E-state index in [0.29, 0.717) is 15.9 Å². The lowest BCUT2D eigenvalue weighted by Crippen LogP contribution is -1.83. The third-order valence-electron chi connectivity index (χ3n) is 3.22. The molecule has 1 aromatic carbocycles. The minimum absolute atomic E-state index is 0.621. The molecular weight excluding hydrogens is 307 g/mol. The molecule has 21 heavy (non-hydrogen) atoms. The number of benzene rings is 1. The molecule has 0 saturated heterocycles. The van der Waals surface area contributed by atoms with Crippen molar-refractivity contribution < 1.29 is 0 Å². The van der Waals surface area contributed by atoms with Crippen LogP contribution in [-0.2, 0) is 0 Å². The lowest BCUT2D eigenvalue weighted by molar-refractivity contribution is 1.09. The molecule has 2 aromatic heterocycles. The summed E-state index contributed by atoms with van der Waals surface area (Å²) in [6, 6.07) is 9.19. The van der Waals surface area contributed by atoms with Crippen molar-refractivity contribution in [1.29, 1.82) is 0 Å². The van der Waals surface area contributed by atoms with Crippen LogP contribution in [0.3, 0.4) is 0 Å². The largest absolute Gasteiger partial charge is 0.281 e. The van der Waals surface area contributed by atoms with Crippen molar-refractivity contribution in [3.8, 4) is 0 Å². The van der Waals surface area contributed by atoms with Gasteiger partial charge in [-0.3, -0.25) is 4.40 Å². The van der Waals surface area contributed by atoms with Crippen LogP contribution in [0.5, 0.6) is 0 Å². The van der Waals surface area contributed by atoms with Gasteiger partial charge in [0, 0.05) is 11.2 Å². The fourth-order valence-corrected chi connectivity index (χ4v) is 2.38. The van der Waals surface area contributed by atoms with E-state index in [0.717, 1.165) is 22.6 Å². The molecule has 3 aromatic rings. The normalized spacial score (nSPS) is 11.6. The van der Waals surface area contributed by atoms with Crippen molar-refractivity contribution in [2.24, 2.45) is 10.2 Å². The summed E-state index contributed by atoms with van der Waals surface area (Å²) < 4.78 is 1.82. The van der Waals surface area contributed by atoms with Crippen LogP contribution in [0.15, 0.2) is 46.8 Å². The highest BCUT2D eigenvalue weighted by molar-refractivity contribution is 6.31. The number of hydrogen-bond donors (Lipinski definition) is 0. The predicted molar refractivity (Wildman–Crippen MR) is 85.3 cm³/mol. The fourth-order valence-electron chi connectivity index (χ4n) is 2.05. The lowest BCUT2D eigenvalue weighted by atomic mass is 10.2. The minimum Gasteiger partial charge on any atom is -0.281 e. The highest BCUT2D eigenvalue weighted by Gasteiger charge is 2.08. The molecule has 2 heterocycles. The maximum absolute atomic E-state index is 6.08. The van der Waals surface area contributed by atoms with Crippen LogP contribution in [0.1, 0.15) is 11.3 Å². The lowest BCUT2D eigenvalue weighted by Gasteiger charge is -2.01. The SMILES string of the molecule is Cc1nc2ccc(Cl)cn2c1N=Nc1cccc(Cl)c1C. The average molecular weight is 319 g/mol. The van der Waals surface area contributed by atoms with Gasteiger partial charge in [0.05, 0.1) is 16.4 Å². The molecule has 106 valence electrons. The van der Waals surface area contributed by atoms with E-state index in [4.69, 9.17) is 23.2 Å². The Labute approximate surface area is 132 Å². The second-order valence-electron chi connectivity index (χ2n) is 4.68. The van der Waals surface area contributed by atoms with Gasteiger partial charge in [0.1, 0.15) is 5.65 Å². The molecule has 6 heteroatoms. The van der Waals surface area contributed by atoms with E-state index in [1.807, 2.05) is 42.5 Å². The summed E-state index contributed by atoms with van der Waals surface area (Å²) in [6.45, 7) is 3.80. The summed E-state index contributed by atoms with van der Waals surface area (Å²) in [5, 5.41) is 9.89. The van der Waals surface area contributed by atoms with Gasteiger partial charge < -0.3 is 0 Å². The van der Waals surface area contributed by atoms with Gasteiger partial charge in [-0.25, -0.2) is 4.98 Å². The fraction of sp³-hybridized carbons (Fsp3) is 0.133. The maximum Gasteiger partial charge on any atom is 0.182 e. The standard InChI is InChI=1S/C15H12Cl2N4/c1-9-12(17)4-3-5-13(9)19-20-15-10(2)18-14-7-6-11(16)8-21(14)15/h3-8H,1-2H3. The Kier molecular flexibility index (Phi) is 3.66. The quantitative estimate of drug-likeness (QED) is 0.561. The van der Waals surface area contributed by atoms with Gasteiger partial charge in [-0.1, -0.05) is 29.3 Å². The van der Waals surface area contributed by atoms with E-state index < -0.39 is 0 Å². The van der Waals surface area contributed by atoms with E-state index in [-0.39, 0.29) is 0 Å². The summed E-state index contributed by atoms with van der Waals surface area (Å²) >= 11 is 12.1. The Bertz CT molecular complexity index is 852. The van der Waals surface area contributed by atoms with Crippen LogP contribution < -0.4 is 0 Å². The molecule has 0 fully saturated rings. The summed E-state index contributed by atoms with van der Waals surface area (Å²) in [7, 11) is 0. The van der Waals surface area contributed by atoms with Crippen molar-refractivity contribution in [2.45, 2.75) is 13.8 Å². The number of fused-ring (bicyclic) bond motifs is 1. The number of aryl methyl sites for hydroxylation is 1. The number of rotatable bonds is 2. The van der Waals surface area contributed by atoms with E-state index in [1.165, 1.54) is 0 Å². The van der Waals surface area contributed by atoms with E-state index in [9.17, 15) is 0 Å². The molecule has 0 amide bonds. The zero-order valence-corrected chi connectivity index (χ0v) is 13.0. The highest BCUT2D eigenvalue weighted by Crippen LogP contribution is 2.29. The van der Waals surface area contributed by atoms with Crippen LogP contribution in [-0.4, -0.2) is 9.38 Å². The smallest absolute Gasteiger partial charge is 0.182 e. The third-order valence-corrected chi connectivity index (χ3v) is 3.85. The Morgan fingerprint density at radius 3 is 2.67 bits per heavy atom. The summed E-state index contributed by atoms with van der Waals surface area (Å²) in [5.74, 6) is 0.659. The Morgan fingerprint density at radius 1 is 1.05 bits per heavy atom. The second kappa shape index (κ2) is 5.47. The Balaban J connectivity index is 2.09. The number of imidazole rings is 1. The first-order chi connectivity index (χ1) is 10.1. The van der Waals surface area contributed by atoms with Crippen molar-refractivity contribution in [3.63, 3.8) is 0 Å². The molecule has 0 atom stereocenters. The summed E-state index contributed by atoms with van der Waals surface area (Å²) in [6.07, 6.45) is 1.77. The van der Waals surface area contributed by atoms with E-state index in [1.54, 1.807) is 12.3 Å². The zero-order valence-electron chi connectivity index (χ0n) is 11.5. The number of halogens is 2. The predicted octanol–water partition coefficient (Wildman–Crippen LogP) is 5.67. The number of nitrogens with zero attached hydrogens (tertiary/aromatic N) is 4. The number of azo groups is 1. The topological polar surface area (TPSA) is 42.0 Å². The molecule has 0 unspecified atom stereocenters. The van der Waals surface area contributed by atoms with Crippen LogP contribution >= 0.6 is 23.2 Å². The zero-order chi connectivity index (χ0) is 15.0. The summed E-state index contributed by atoms with van der Waals surface area (Å²) in [4.78, 5) is 4.43. The molecule has 0 spiro atoms. The highest BCUT2D eigenvalue weighted by atomic mass is 35.5. The van der Waals surface area contributed by atoms with Gasteiger partial charge >= 0.3 is 0 Å². The first kappa shape index (κ1) is 14.0. The molecule has 0 N–H and O–H groups in total. The number of hydrogen-bond acceptors (Lipinski definition) is 3. The molecular formula is C15H12Cl2N4. The van der Waals surface area contributed by atoms with Gasteiger partial charge in [-0.05, 0) is 43.7 Å². The van der Waals surface area contributed by atoms with Crippen LogP contribution in [0.2, 0.25) is 10.0 Å². The van der Waals surface area contributed by atoms with Gasteiger partial charge in [0.15, 0.2) is 5.82 Å². The molecule has 0 radical (unpaired) electrons. The second-order valence-corrected chi connectivity index (χ2v) is 5.52. The first-order valence-corrected chi connectivity index (χ1v) is 7.13. The number of pyridine rings is 1. The molecule has 0 saturated carbocycles. The molecule has 0 aliphatic carbocycles. The van der Waals surface area contributed by atoms with Crippen LogP contribution in [0.4, 0.5) is 11.5 Å². The van der Waals surface area contributed by atoms with Crippen LogP contribution in [0, 0.1) is 13.8 Å². The monoisotopic (exact) mass is 318 g/mol. The Morgan fingerprint density at radius 2 is 1.86 bits per heavy atom. The van der Waals surface area contributed by atoms with Gasteiger partial charge in [0.2, 0.25) is 0 Å². The Hall–Kier alpha value is -1.91. The van der Waals surface area contributed by atoms with Crippen molar-refractivity contribution in [2.75, 3.05) is 0 Å². The van der Waals surface area contributed by atoms with E-state index in [2.05, 4.69) is 15.2 Å². The molecule has 4 nitrogen and oxygen atoms in total. The summed E-state index contributed by atoms with van der Waals surface area (Å²) in [5.41, 5.74) is 3.21. The van der Waals surface area contributed by atoms with Gasteiger partial charge in [-0.15, -0.1) is 10.2 Å². The van der Waals surface area contributed by atoms with Gasteiger partial charge in [0.25, 0.3) is 0 Å². The molecule has 3 rings (SSSR count).